The van der Waals surface area contributed by atoms with E-state index in [0.717, 1.165) is 49.5 Å². The number of aliphatic hydroxyl groups is 1. The Morgan fingerprint density at radius 3 is 2.17 bits per heavy atom. The number of methoxy groups -OCH3 is 2. The summed E-state index contributed by atoms with van der Waals surface area (Å²) in [6.45, 7) is 2.74. The minimum Gasteiger partial charge on any atom is -0.497 e. The number of benzene rings is 1. The van der Waals surface area contributed by atoms with Crippen LogP contribution >= 0.6 is 0 Å². The molecule has 0 bridgehead atoms. The molecule has 0 spiro atoms. The van der Waals surface area contributed by atoms with E-state index in [1.54, 1.807) is 14.2 Å². The summed E-state index contributed by atoms with van der Waals surface area (Å²) in [4.78, 5) is 20.5. The molecule has 0 radical (unpaired) electrons. The fraction of sp³-hybridized carbons (Fsp3) is 0.500. The number of carboxylic acid groups (broad SMARTS) is 2. The summed E-state index contributed by atoms with van der Waals surface area (Å²) in [6.07, 6.45) is 1.59. The Balaban J connectivity index is 0.000000413. The van der Waals surface area contributed by atoms with Crippen molar-refractivity contribution in [3.63, 3.8) is 0 Å². The molecule has 8 nitrogen and oxygen atoms in total. The van der Waals surface area contributed by atoms with Crippen LogP contribution in [0.3, 0.4) is 0 Å². The lowest BCUT2D eigenvalue weighted by Crippen LogP contribution is -2.35. The third-order valence-corrected chi connectivity index (χ3v) is 3.63. The van der Waals surface area contributed by atoms with Crippen molar-refractivity contribution in [2.75, 3.05) is 27.3 Å². The molecule has 2 rings (SSSR count). The van der Waals surface area contributed by atoms with Gasteiger partial charge in [0.1, 0.15) is 11.5 Å². The minimum atomic E-state index is -1.82. The van der Waals surface area contributed by atoms with Crippen molar-refractivity contribution in [1.82, 2.24) is 4.90 Å². The quantitative estimate of drug-likeness (QED) is 0.689. The van der Waals surface area contributed by atoms with Crippen LogP contribution in [-0.2, 0) is 16.1 Å². The van der Waals surface area contributed by atoms with Gasteiger partial charge >= 0.3 is 11.9 Å². The molecule has 1 saturated heterocycles. The highest BCUT2D eigenvalue weighted by Gasteiger charge is 2.18. The lowest BCUT2D eigenvalue weighted by Gasteiger charge is -2.29. The van der Waals surface area contributed by atoms with Crippen molar-refractivity contribution in [3.05, 3.63) is 23.8 Å². The van der Waals surface area contributed by atoms with Crippen LogP contribution in [0.15, 0.2) is 18.2 Å². The van der Waals surface area contributed by atoms with Crippen molar-refractivity contribution in [2.24, 2.45) is 0 Å². The second-order valence-corrected chi connectivity index (χ2v) is 5.30. The van der Waals surface area contributed by atoms with Crippen LogP contribution in [0.25, 0.3) is 0 Å². The van der Waals surface area contributed by atoms with Gasteiger partial charge in [0.15, 0.2) is 0 Å². The Hall–Kier alpha value is -2.32. The summed E-state index contributed by atoms with van der Waals surface area (Å²) < 4.78 is 10.6. The molecular formula is C16H23NO7. The third kappa shape index (κ3) is 6.43. The fourth-order valence-corrected chi connectivity index (χ4v) is 2.30. The first kappa shape index (κ1) is 19.7. The van der Waals surface area contributed by atoms with E-state index in [1.807, 2.05) is 18.2 Å². The largest absolute Gasteiger partial charge is 0.497 e. The van der Waals surface area contributed by atoms with Gasteiger partial charge in [0.05, 0.1) is 20.3 Å². The molecule has 0 saturated carbocycles. The molecule has 3 N–H and O–H groups in total. The Labute approximate surface area is 140 Å². The second-order valence-electron chi connectivity index (χ2n) is 5.30. The number of nitrogens with zero attached hydrogens (tertiary/aromatic N) is 1. The van der Waals surface area contributed by atoms with Gasteiger partial charge in [-0.3, -0.25) is 4.90 Å². The summed E-state index contributed by atoms with van der Waals surface area (Å²) >= 11 is 0. The first-order chi connectivity index (χ1) is 11.4. The number of hydrogen-bond donors (Lipinski definition) is 3. The van der Waals surface area contributed by atoms with Gasteiger partial charge in [0.25, 0.3) is 0 Å². The molecule has 1 aliphatic heterocycles. The minimum absolute atomic E-state index is 0.126. The van der Waals surface area contributed by atoms with Gasteiger partial charge in [-0.15, -0.1) is 0 Å². The predicted molar refractivity (Wildman–Crippen MR) is 85.3 cm³/mol. The maximum atomic E-state index is 9.49. The molecule has 1 fully saturated rings. The van der Waals surface area contributed by atoms with Gasteiger partial charge in [-0.2, -0.15) is 0 Å². The zero-order valence-electron chi connectivity index (χ0n) is 13.8. The molecule has 1 heterocycles. The van der Waals surface area contributed by atoms with Crippen LogP contribution in [0.4, 0.5) is 0 Å². The van der Waals surface area contributed by atoms with Crippen LogP contribution < -0.4 is 9.47 Å². The van der Waals surface area contributed by atoms with Crippen molar-refractivity contribution < 1.29 is 34.4 Å². The fourth-order valence-electron chi connectivity index (χ4n) is 2.30. The molecule has 1 aromatic rings. The smallest absolute Gasteiger partial charge is 0.414 e. The highest BCUT2D eigenvalue weighted by Crippen LogP contribution is 2.26. The van der Waals surface area contributed by atoms with Crippen LogP contribution in [0.1, 0.15) is 18.4 Å². The molecule has 0 amide bonds. The molecule has 0 aliphatic carbocycles. The average Bonchev–Trinajstić information content (AvgIpc) is 2.57. The van der Waals surface area contributed by atoms with E-state index < -0.39 is 11.9 Å². The Kier molecular flexibility index (Phi) is 8.00. The highest BCUT2D eigenvalue weighted by atomic mass is 16.5. The Morgan fingerprint density at radius 1 is 1.12 bits per heavy atom. The predicted octanol–water partition coefficient (Wildman–Crippen LogP) is 0.816. The van der Waals surface area contributed by atoms with Crippen LogP contribution in [0.5, 0.6) is 11.5 Å². The van der Waals surface area contributed by atoms with E-state index >= 15 is 0 Å². The average molecular weight is 341 g/mol. The molecular weight excluding hydrogens is 318 g/mol. The summed E-state index contributed by atoms with van der Waals surface area (Å²) in [5, 5.41) is 24.3. The second kappa shape index (κ2) is 9.74. The molecule has 0 unspecified atom stereocenters. The van der Waals surface area contributed by atoms with Gasteiger partial charge in [-0.05, 0) is 18.9 Å². The van der Waals surface area contributed by atoms with Gasteiger partial charge in [-0.1, -0.05) is 6.07 Å². The Morgan fingerprint density at radius 2 is 1.71 bits per heavy atom. The number of carbonyl (C=O) groups is 2. The molecule has 8 heteroatoms. The summed E-state index contributed by atoms with van der Waals surface area (Å²) in [6, 6.07) is 5.91. The number of hydrogen-bond acceptors (Lipinski definition) is 6. The maximum Gasteiger partial charge on any atom is 0.414 e. The van der Waals surface area contributed by atoms with Crippen molar-refractivity contribution in [2.45, 2.75) is 25.5 Å². The number of likely N-dealkylation sites (tertiary alicyclic amines) is 1. The zero-order chi connectivity index (χ0) is 18.1. The third-order valence-electron chi connectivity index (χ3n) is 3.63. The van der Waals surface area contributed by atoms with Gasteiger partial charge in [0, 0.05) is 31.3 Å². The number of piperidine rings is 1. The van der Waals surface area contributed by atoms with Crippen molar-refractivity contribution in [3.8, 4) is 11.5 Å². The summed E-state index contributed by atoms with van der Waals surface area (Å²) in [7, 11) is 3.33. The van der Waals surface area contributed by atoms with Gasteiger partial charge in [-0.25, -0.2) is 9.59 Å². The number of aliphatic hydroxyl groups excluding tert-OH is 1. The van der Waals surface area contributed by atoms with E-state index in [-0.39, 0.29) is 6.10 Å². The van der Waals surface area contributed by atoms with Crippen LogP contribution in [0.2, 0.25) is 0 Å². The molecule has 0 atom stereocenters. The number of carboxylic acids is 2. The number of ether oxygens (including phenoxy) is 2. The van der Waals surface area contributed by atoms with E-state index in [1.165, 1.54) is 0 Å². The zero-order valence-corrected chi connectivity index (χ0v) is 13.8. The summed E-state index contributed by atoms with van der Waals surface area (Å²) in [5.41, 5.74) is 1.16. The number of aliphatic carboxylic acids is 2. The van der Waals surface area contributed by atoms with Crippen molar-refractivity contribution in [1.29, 1.82) is 0 Å². The number of rotatable bonds is 4. The molecule has 0 aromatic heterocycles. The first-order valence-corrected chi connectivity index (χ1v) is 7.45. The highest BCUT2D eigenvalue weighted by molar-refractivity contribution is 6.27. The van der Waals surface area contributed by atoms with E-state index in [4.69, 9.17) is 29.3 Å². The summed E-state index contributed by atoms with van der Waals surface area (Å²) in [5.74, 6) is -1.98. The van der Waals surface area contributed by atoms with E-state index in [9.17, 15) is 5.11 Å². The van der Waals surface area contributed by atoms with Gasteiger partial charge < -0.3 is 24.8 Å². The monoisotopic (exact) mass is 341 g/mol. The SMILES string of the molecule is COc1ccc(CN2CCC(O)CC2)c(OC)c1.O=C(O)C(=O)O. The van der Waals surface area contributed by atoms with E-state index in [0.29, 0.717) is 0 Å². The van der Waals surface area contributed by atoms with Crippen LogP contribution in [0, 0.1) is 0 Å². The maximum absolute atomic E-state index is 9.49. The molecule has 134 valence electrons. The molecule has 1 aliphatic rings. The lowest BCUT2D eigenvalue weighted by molar-refractivity contribution is -0.159. The van der Waals surface area contributed by atoms with Crippen molar-refractivity contribution >= 4 is 11.9 Å². The molecule has 24 heavy (non-hydrogen) atoms. The molecule has 1 aromatic carbocycles. The first-order valence-electron chi connectivity index (χ1n) is 7.45. The van der Waals surface area contributed by atoms with Crippen LogP contribution in [-0.4, -0.2) is 65.6 Å². The topological polar surface area (TPSA) is 117 Å². The normalized spacial score (nSPS) is 15.1. The van der Waals surface area contributed by atoms with E-state index in [2.05, 4.69) is 4.90 Å². The standard InChI is InChI=1S/C14H21NO3.C2H2O4/c1-17-13-4-3-11(14(9-13)18-2)10-15-7-5-12(16)6-8-15;3-1(4)2(5)6/h3-4,9,12,16H,5-8,10H2,1-2H3;(H,3,4)(H,5,6). The lowest BCUT2D eigenvalue weighted by atomic mass is 10.1. The Bertz CT molecular complexity index is 541. The van der Waals surface area contributed by atoms with Gasteiger partial charge in [0.2, 0.25) is 0 Å².